The summed E-state index contributed by atoms with van der Waals surface area (Å²) < 4.78 is 29.1. The van der Waals surface area contributed by atoms with Crippen LogP contribution in [-0.2, 0) is 4.79 Å². The van der Waals surface area contributed by atoms with E-state index in [4.69, 9.17) is 0 Å². The third-order valence-corrected chi connectivity index (χ3v) is 3.91. The number of amides is 2. The molecule has 24 heavy (non-hydrogen) atoms. The molecule has 0 unspecified atom stereocenters. The number of carbonyl (C=O) groups excluding carboxylic acids is 2. The van der Waals surface area contributed by atoms with E-state index in [9.17, 15) is 18.4 Å². The zero-order chi connectivity index (χ0) is 17.4. The van der Waals surface area contributed by atoms with Crippen molar-refractivity contribution < 1.29 is 23.1 Å². The quantitative estimate of drug-likeness (QED) is 0.777. The SMILES string of the molecule is O=C(NCCCN1CCCCCC1=O)c1ccccc1OC(F)F. The lowest BCUT2D eigenvalue weighted by Gasteiger charge is -2.20. The number of carbonyl (C=O) groups is 2. The Kier molecular flexibility index (Phi) is 6.96. The van der Waals surface area contributed by atoms with Gasteiger partial charge in [-0.1, -0.05) is 18.6 Å². The van der Waals surface area contributed by atoms with Crippen LogP contribution in [0.1, 0.15) is 42.5 Å². The summed E-state index contributed by atoms with van der Waals surface area (Å²) in [6.45, 7) is -1.26. The number of likely N-dealkylation sites (tertiary alicyclic amines) is 1. The Morgan fingerprint density at radius 3 is 2.83 bits per heavy atom. The molecule has 0 atom stereocenters. The summed E-state index contributed by atoms with van der Waals surface area (Å²) in [5.74, 6) is -0.448. The molecule has 0 radical (unpaired) electrons. The maximum absolute atomic E-state index is 12.4. The number of rotatable bonds is 7. The van der Waals surface area contributed by atoms with Gasteiger partial charge in [-0.3, -0.25) is 9.59 Å². The lowest BCUT2D eigenvalue weighted by molar-refractivity contribution is -0.130. The minimum Gasteiger partial charge on any atom is -0.434 e. The van der Waals surface area contributed by atoms with Crippen LogP contribution in [0.4, 0.5) is 8.78 Å². The summed E-state index contributed by atoms with van der Waals surface area (Å²) >= 11 is 0. The van der Waals surface area contributed by atoms with Crippen molar-refractivity contribution in [1.29, 1.82) is 0 Å². The summed E-state index contributed by atoms with van der Waals surface area (Å²) in [6.07, 6.45) is 4.23. The smallest absolute Gasteiger partial charge is 0.387 e. The zero-order valence-corrected chi connectivity index (χ0v) is 13.5. The first kappa shape index (κ1) is 18.2. The highest BCUT2D eigenvalue weighted by Gasteiger charge is 2.17. The molecular formula is C17H22F2N2O3. The van der Waals surface area contributed by atoms with Gasteiger partial charge < -0.3 is 15.0 Å². The van der Waals surface area contributed by atoms with Crippen molar-refractivity contribution in [2.24, 2.45) is 0 Å². The van der Waals surface area contributed by atoms with Gasteiger partial charge >= 0.3 is 6.61 Å². The van der Waals surface area contributed by atoms with E-state index < -0.39 is 12.5 Å². The number of nitrogens with one attached hydrogen (secondary N) is 1. The van der Waals surface area contributed by atoms with Crippen molar-refractivity contribution in [2.75, 3.05) is 19.6 Å². The Hall–Kier alpha value is -2.18. The van der Waals surface area contributed by atoms with E-state index in [2.05, 4.69) is 10.1 Å². The van der Waals surface area contributed by atoms with Gasteiger partial charge in [0.2, 0.25) is 5.91 Å². The molecule has 5 nitrogen and oxygen atoms in total. The van der Waals surface area contributed by atoms with Crippen molar-refractivity contribution in [3.63, 3.8) is 0 Å². The largest absolute Gasteiger partial charge is 0.434 e. The summed E-state index contributed by atoms with van der Waals surface area (Å²) in [7, 11) is 0. The predicted molar refractivity (Wildman–Crippen MR) is 85.1 cm³/mol. The molecular weight excluding hydrogens is 318 g/mol. The second-order valence-corrected chi connectivity index (χ2v) is 5.68. The summed E-state index contributed by atoms with van der Waals surface area (Å²) in [5, 5.41) is 2.68. The van der Waals surface area contributed by atoms with Gasteiger partial charge in [0.15, 0.2) is 0 Å². The van der Waals surface area contributed by atoms with Crippen molar-refractivity contribution >= 4 is 11.8 Å². The Bertz CT molecular complexity index is 567. The molecule has 1 aliphatic rings. The topological polar surface area (TPSA) is 58.6 Å². The van der Waals surface area contributed by atoms with Crippen LogP contribution in [-0.4, -0.2) is 43.0 Å². The van der Waals surface area contributed by atoms with Gasteiger partial charge in [-0.2, -0.15) is 8.78 Å². The van der Waals surface area contributed by atoms with E-state index in [0.717, 1.165) is 25.8 Å². The van der Waals surface area contributed by atoms with Crippen molar-refractivity contribution in [2.45, 2.75) is 38.7 Å². The number of para-hydroxylation sites is 1. The molecule has 2 rings (SSSR count). The number of hydrogen-bond acceptors (Lipinski definition) is 3. The normalized spacial score (nSPS) is 15.3. The van der Waals surface area contributed by atoms with Crippen molar-refractivity contribution in [3.05, 3.63) is 29.8 Å². The average Bonchev–Trinajstić information content (AvgIpc) is 2.76. The Morgan fingerprint density at radius 2 is 2.04 bits per heavy atom. The van der Waals surface area contributed by atoms with Crippen LogP contribution in [0.25, 0.3) is 0 Å². The molecule has 1 aromatic carbocycles. The highest BCUT2D eigenvalue weighted by molar-refractivity contribution is 5.96. The minimum absolute atomic E-state index is 0.0728. The third kappa shape index (κ3) is 5.47. The number of nitrogens with zero attached hydrogens (tertiary/aromatic N) is 1. The molecule has 1 fully saturated rings. The Labute approximate surface area is 140 Å². The second kappa shape index (κ2) is 9.20. The number of ether oxygens (including phenoxy) is 1. The van der Waals surface area contributed by atoms with Crippen LogP contribution in [0.3, 0.4) is 0 Å². The molecule has 2 amide bonds. The van der Waals surface area contributed by atoms with E-state index in [1.54, 1.807) is 6.07 Å². The molecule has 1 N–H and O–H groups in total. The first-order chi connectivity index (χ1) is 11.6. The average molecular weight is 340 g/mol. The molecule has 1 aromatic rings. The fourth-order valence-electron chi connectivity index (χ4n) is 2.70. The number of alkyl halides is 2. The molecule has 7 heteroatoms. The van der Waals surface area contributed by atoms with Crippen LogP contribution in [0, 0.1) is 0 Å². The molecule has 1 aliphatic heterocycles. The molecule has 1 heterocycles. The minimum atomic E-state index is -2.98. The molecule has 1 saturated heterocycles. The van der Waals surface area contributed by atoms with Crippen LogP contribution >= 0.6 is 0 Å². The van der Waals surface area contributed by atoms with Crippen molar-refractivity contribution in [3.8, 4) is 5.75 Å². The van der Waals surface area contributed by atoms with Gasteiger partial charge in [-0.25, -0.2) is 0 Å². The first-order valence-electron chi connectivity index (χ1n) is 8.18. The molecule has 0 bridgehead atoms. The zero-order valence-electron chi connectivity index (χ0n) is 13.5. The van der Waals surface area contributed by atoms with Gasteiger partial charge in [0.25, 0.3) is 5.91 Å². The maximum Gasteiger partial charge on any atom is 0.387 e. The van der Waals surface area contributed by atoms with Crippen LogP contribution < -0.4 is 10.1 Å². The molecule has 0 saturated carbocycles. The van der Waals surface area contributed by atoms with Crippen LogP contribution in [0.15, 0.2) is 24.3 Å². The van der Waals surface area contributed by atoms with E-state index in [0.29, 0.717) is 25.9 Å². The molecule has 132 valence electrons. The van der Waals surface area contributed by atoms with Gasteiger partial charge in [-0.15, -0.1) is 0 Å². The molecule has 0 aromatic heterocycles. The number of halogens is 2. The van der Waals surface area contributed by atoms with E-state index in [1.807, 2.05) is 4.90 Å². The van der Waals surface area contributed by atoms with Gasteiger partial charge in [0.05, 0.1) is 5.56 Å². The lowest BCUT2D eigenvalue weighted by Crippen LogP contribution is -2.34. The standard InChI is InChI=1S/C17H22F2N2O3/c18-17(19)24-14-8-4-3-7-13(14)16(23)20-10-6-12-21-11-5-1-2-9-15(21)22/h3-4,7-8,17H,1-2,5-6,9-12H2,(H,20,23). The highest BCUT2D eigenvalue weighted by atomic mass is 19.3. The second-order valence-electron chi connectivity index (χ2n) is 5.68. The van der Waals surface area contributed by atoms with E-state index >= 15 is 0 Å². The summed E-state index contributed by atoms with van der Waals surface area (Å²) in [4.78, 5) is 25.8. The van der Waals surface area contributed by atoms with E-state index in [-0.39, 0.29) is 17.2 Å². The summed E-state index contributed by atoms with van der Waals surface area (Å²) in [6, 6.07) is 5.88. The van der Waals surface area contributed by atoms with E-state index in [1.165, 1.54) is 18.2 Å². The maximum atomic E-state index is 12.4. The molecule has 0 spiro atoms. The Morgan fingerprint density at radius 1 is 1.25 bits per heavy atom. The monoisotopic (exact) mass is 340 g/mol. The van der Waals surface area contributed by atoms with Gasteiger partial charge in [-0.05, 0) is 31.4 Å². The van der Waals surface area contributed by atoms with Gasteiger partial charge in [0.1, 0.15) is 5.75 Å². The Balaban J connectivity index is 1.80. The lowest BCUT2D eigenvalue weighted by atomic mass is 10.2. The van der Waals surface area contributed by atoms with Gasteiger partial charge in [0, 0.05) is 26.1 Å². The highest BCUT2D eigenvalue weighted by Crippen LogP contribution is 2.20. The number of hydrogen-bond donors (Lipinski definition) is 1. The number of benzene rings is 1. The summed E-state index contributed by atoms with van der Waals surface area (Å²) in [5.41, 5.74) is 0.0728. The first-order valence-corrected chi connectivity index (χ1v) is 8.18. The molecule has 0 aliphatic carbocycles. The van der Waals surface area contributed by atoms with Crippen LogP contribution in [0.5, 0.6) is 5.75 Å². The fraction of sp³-hybridized carbons (Fsp3) is 0.529. The third-order valence-electron chi connectivity index (χ3n) is 3.91. The van der Waals surface area contributed by atoms with Crippen molar-refractivity contribution in [1.82, 2.24) is 10.2 Å². The predicted octanol–water partition coefficient (Wildman–Crippen LogP) is 2.81. The fourth-order valence-corrected chi connectivity index (χ4v) is 2.70. The van der Waals surface area contributed by atoms with Crippen LogP contribution in [0.2, 0.25) is 0 Å².